The lowest BCUT2D eigenvalue weighted by Gasteiger charge is -2.32. The number of fused-ring (bicyclic) bond motifs is 5. The first-order valence-corrected chi connectivity index (χ1v) is 10.1. The van der Waals surface area contributed by atoms with Crippen molar-refractivity contribution in [1.29, 1.82) is 0 Å². The third-order valence-electron chi connectivity index (χ3n) is 7.11. The van der Waals surface area contributed by atoms with Crippen molar-refractivity contribution in [3.8, 4) is 11.1 Å². The second-order valence-corrected chi connectivity index (χ2v) is 9.73. The molecule has 1 saturated heterocycles. The number of benzene rings is 3. The lowest BCUT2D eigenvalue weighted by molar-refractivity contribution is 0.00578. The molecule has 3 aromatic rings. The van der Waals surface area contributed by atoms with Crippen molar-refractivity contribution in [3.05, 3.63) is 65.7 Å². The van der Waals surface area contributed by atoms with Crippen molar-refractivity contribution in [2.75, 3.05) is 0 Å². The largest absolute Gasteiger partial charge is 0.494 e. The van der Waals surface area contributed by atoms with Crippen LogP contribution in [-0.4, -0.2) is 18.3 Å². The van der Waals surface area contributed by atoms with E-state index < -0.39 is 0 Å². The van der Waals surface area contributed by atoms with E-state index in [1.165, 1.54) is 33.0 Å². The van der Waals surface area contributed by atoms with Crippen LogP contribution in [0.25, 0.3) is 21.9 Å². The van der Waals surface area contributed by atoms with E-state index in [1.54, 1.807) is 0 Å². The molecule has 142 valence electrons. The second kappa shape index (κ2) is 5.49. The lowest BCUT2D eigenvalue weighted by Crippen LogP contribution is -2.41. The zero-order valence-corrected chi connectivity index (χ0v) is 17.6. The van der Waals surface area contributed by atoms with Gasteiger partial charge in [-0.05, 0) is 66.2 Å². The van der Waals surface area contributed by atoms with Crippen molar-refractivity contribution >= 4 is 23.4 Å². The molecule has 2 nitrogen and oxygen atoms in total. The summed E-state index contributed by atoms with van der Waals surface area (Å²) in [5.74, 6) is 0. The van der Waals surface area contributed by atoms with Crippen LogP contribution >= 0.6 is 0 Å². The van der Waals surface area contributed by atoms with Crippen LogP contribution in [0.5, 0.6) is 0 Å². The highest BCUT2D eigenvalue weighted by Crippen LogP contribution is 2.51. The Morgan fingerprint density at radius 3 is 2.11 bits per heavy atom. The zero-order valence-electron chi connectivity index (χ0n) is 17.6. The first kappa shape index (κ1) is 18.0. The number of hydrogen-bond donors (Lipinski definition) is 0. The Morgan fingerprint density at radius 1 is 0.714 bits per heavy atom. The van der Waals surface area contributed by atoms with Gasteiger partial charge in [-0.15, -0.1) is 0 Å². The molecule has 2 aliphatic rings. The molecule has 0 radical (unpaired) electrons. The Morgan fingerprint density at radius 2 is 1.39 bits per heavy atom. The molecule has 5 rings (SSSR count). The van der Waals surface area contributed by atoms with Crippen molar-refractivity contribution < 1.29 is 9.31 Å². The van der Waals surface area contributed by atoms with Gasteiger partial charge in [-0.3, -0.25) is 0 Å². The van der Waals surface area contributed by atoms with E-state index in [-0.39, 0.29) is 23.7 Å². The van der Waals surface area contributed by atoms with Crippen LogP contribution in [-0.2, 0) is 14.7 Å². The minimum Gasteiger partial charge on any atom is -0.399 e. The highest BCUT2D eigenvalue weighted by atomic mass is 16.7. The topological polar surface area (TPSA) is 18.5 Å². The molecule has 1 aliphatic carbocycles. The van der Waals surface area contributed by atoms with Gasteiger partial charge in [-0.1, -0.05) is 68.4 Å². The molecule has 0 saturated carbocycles. The summed E-state index contributed by atoms with van der Waals surface area (Å²) in [6.45, 7) is 13.1. The van der Waals surface area contributed by atoms with E-state index in [0.29, 0.717) is 0 Å². The third-order valence-corrected chi connectivity index (χ3v) is 7.11. The highest BCUT2D eigenvalue weighted by Gasteiger charge is 2.52. The Labute approximate surface area is 168 Å². The molecular weight excluding hydrogens is 343 g/mol. The molecule has 0 spiro atoms. The third kappa shape index (κ3) is 2.30. The van der Waals surface area contributed by atoms with Crippen LogP contribution in [0.3, 0.4) is 0 Å². The van der Waals surface area contributed by atoms with Gasteiger partial charge in [0.2, 0.25) is 0 Å². The summed E-state index contributed by atoms with van der Waals surface area (Å²) in [5, 5.41) is 2.62. The van der Waals surface area contributed by atoms with E-state index in [4.69, 9.17) is 9.31 Å². The summed E-state index contributed by atoms with van der Waals surface area (Å²) in [6, 6.07) is 19.9. The van der Waals surface area contributed by atoms with Gasteiger partial charge in [0, 0.05) is 5.41 Å². The summed E-state index contributed by atoms with van der Waals surface area (Å²) >= 11 is 0. The standard InChI is InChI=1S/C25H27BO2/c1-23(2)20-14-11-16-9-7-8-10-18(16)22(20)19-13-12-17(15-21(19)23)26-27-24(3,4)25(5,6)28-26/h7-15H,1-6H3. The fourth-order valence-corrected chi connectivity index (χ4v) is 4.65. The van der Waals surface area contributed by atoms with Crippen LogP contribution in [0.4, 0.5) is 0 Å². The minimum absolute atomic E-state index is 0.0473. The van der Waals surface area contributed by atoms with Gasteiger partial charge < -0.3 is 9.31 Å². The summed E-state index contributed by atoms with van der Waals surface area (Å²) < 4.78 is 12.6. The normalized spacial score (nSPS) is 21.0. The monoisotopic (exact) mass is 370 g/mol. The zero-order chi connectivity index (χ0) is 19.9. The Balaban J connectivity index is 1.67. The van der Waals surface area contributed by atoms with Crippen LogP contribution in [0.15, 0.2) is 54.6 Å². The lowest BCUT2D eigenvalue weighted by atomic mass is 9.74. The van der Waals surface area contributed by atoms with Crippen molar-refractivity contribution in [2.45, 2.75) is 58.2 Å². The molecule has 0 amide bonds. The quantitative estimate of drug-likeness (QED) is 0.531. The fourth-order valence-electron chi connectivity index (χ4n) is 4.65. The van der Waals surface area contributed by atoms with Crippen molar-refractivity contribution in [3.63, 3.8) is 0 Å². The van der Waals surface area contributed by atoms with E-state index in [0.717, 1.165) is 5.46 Å². The summed E-state index contributed by atoms with van der Waals surface area (Å²) in [7, 11) is -0.327. The van der Waals surface area contributed by atoms with Gasteiger partial charge in [0.1, 0.15) is 0 Å². The molecule has 1 aliphatic heterocycles. The molecule has 0 bridgehead atoms. The second-order valence-electron chi connectivity index (χ2n) is 9.73. The maximum absolute atomic E-state index is 6.30. The summed E-state index contributed by atoms with van der Waals surface area (Å²) in [4.78, 5) is 0. The van der Waals surface area contributed by atoms with E-state index in [2.05, 4.69) is 96.1 Å². The van der Waals surface area contributed by atoms with Crippen LogP contribution in [0.2, 0.25) is 0 Å². The molecule has 3 aromatic carbocycles. The van der Waals surface area contributed by atoms with Gasteiger partial charge in [-0.25, -0.2) is 0 Å². The maximum Gasteiger partial charge on any atom is 0.494 e. The summed E-state index contributed by atoms with van der Waals surface area (Å²) in [5.41, 5.74) is 5.85. The maximum atomic E-state index is 6.30. The molecule has 3 heteroatoms. The smallest absolute Gasteiger partial charge is 0.399 e. The molecule has 28 heavy (non-hydrogen) atoms. The molecule has 0 aromatic heterocycles. The van der Waals surface area contributed by atoms with Crippen LogP contribution in [0, 0.1) is 0 Å². The van der Waals surface area contributed by atoms with Crippen LogP contribution in [0.1, 0.15) is 52.7 Å². The number of rotatable bonds is 1. The number of hydrogen-bond acceptors (Lipinski definition) is 2. The fraction of sp³-hybridized carbons (Fsp3) is 0.360. The van der Waals surface area contributed by atoms with Gasteiger partial charge in [0.15, 0.2) is 0 Å². The van der Waals surface area contributed by atoms with Gasteiger partial charge in [0.25, 0.3) is 0 Å². The van der Waals surface area contributed by atoms with Gasteiger partial charge in [-0.2, -0.15) is 0 Å². The van der Waals surface area contributed by atoms with E-state index >= 15 is 0 Å². The predicted octanol–water partition coefficient (Wildman–Crippen LogP) is 5.45. The van der Waals surface area contributed by atoms with E-state index in [1.807, 2.05) is 0 Å². The SMILES string of the molecule is CC1(C)c2cc(B3OC(C)(C)C(C)(C)O3)ccc2-c2c1ccc1ccccc21. The first-order valence-electron chi connectivity index (χ1n) is 10.1. The molecule has 0 N–H and O–H groups in total. The average molecular weight is 370 g/mol. The first-order chi connectivity index (χ1) is 13.1. The Hall–Kier alpha value is -2.10. The van der Waals surface area contributed by atoms with Gasteiger partial charge in [0.05, 0.1) is 11.2 Å². The molecule has 1 heterocycles. The molecule has 0 unspecified atom stereocenters. The Kier molecular flexibility index (Phi) is 3.52. The minimum atomic E-state index is -0.328. The Bertz CT molecular complexity index is 1090. The molecule has 0 atom stereocenters. The summed E-state index contributed by atoms with van der Waals surface area (Å²) in [6.07, 6.45) is 0. The molecular formula is C25H27BO2. The highest BCUT2D eigenvalue weighted by molar-refractivity contribution is 6.62. The van der Waals surface area contributed by atoms with Crippen molar-refractivity contribution in [2.24, 2.45) is 0 Å². The van der Waals surface area contributed by atoms with Crippen LogP contribution < -0.4 is 5.46 Å². The average Bonchev–Trinajstić information content (AvgIpc) is 3.01. The van der Waals surface area contributed by atoms with Gasteiger partial charge >= 0.3 is 7.12 Å². The van der Waals surface area contributed by atoms with E-state index in [9.17, 15) is 0 Å². The molecule has 1 fully saturated rings. The predicted molar refractivity (Wildman–Crippen MR) is 117 cm³/mol. The van der Waals surface area contributed by atoms with Crippen molar-refractivity contribution in [1.82, 2.24) is 0 Å².